The summed E-state index contributed by atoms with van der Waals surface area (Å²) in [4.78, 5) is 18.4. The van der Waals surface area contributed by atoms with Crippen molar-refractivity contribution >= 4 is 5.91 Å². The third-order valence-electron chi connectivity index (χ3n) is 4.89. The van der Waals surface area contributed by atoms with Crippen LogP contribution in [0.25, 0.3) is 0 Å². The number of hydrogen-bond acceptors (Lipinski definition) is 7. The molecule has 1 aliphatic heterocycles. The molecule has 1 fully saturated rings. The zero-order valence-corrected chi connectivity index (χ0v) is 16.9. The number of hydrogen-bond donors (Lipinski definition) is 0. The van der Waals surface area contributed by atoms with E-state index in [0.717, 1.165) is 11.3 Å². The molecule has 156 valence electrons. The molecule has 0 radical (unpaired) electrons. The first kappa shape index (κ1) is 19.8. The fraction of sp³-hybridized carbons (Fsp3) is 0.318. The van der Waals surface area contributed by atoms with Crippen LogP contribution in [-0.2, 0) is 11.4 Å². The summed E-state index contributed by atoms with van der Waals surface area (Å²) in [5.74, 6) is 3.12. The molecular weight excluding hydrogens is 386 g/mol. The van der Waals surface area contributed by atoms with Gasteiger partial charge in [-0.15, -0.1) is 0 Å². The second kappa shape index (κ2) is 8.86. The SMILES string of the molecule is COc1ccc(OCc2nc(C3CN(C(=O)COc4ccc(C)cc4)C3)no2)cc1. The molecule has 0 atom stereocenters. The number of nitrogens with zero attached hydrogens (tertiary/aromatic N) is 3. The second-order valence-electron chi connectivity index (χ2n) is 7.11. The number of benzene rings is 2. The third-order valence-corrected chi connectivity index (χ3v) is 4.89. The largest absolute Gasteiger partial charge is 0.497 e. The van der Waals surface area contributed by atoms with E-state index in [2.05, 4.69) is 10.1 Å². The van der Waals surface area contributed by atoms with Gasteiger partial charge in [-0.2, -0.15) is 4.98 Å². The number of aryl methyl sites for hydroxylation is 1. The Morgan fingerprint density at radius 2 is 1.67 bits per heavy atom. The number of amides is 1. The molecule has 8 heteroatoms. The van der Waals surface area contributed by atoms with Gasteiger partial charge in [0.2, 0.25) is 0 Å². The van der Waals surface area contributed by atoms with E-state index in [1.165, 1.54) is 0 Å². The maximum absolute atomic E-state index is 12.3. The van der Waals surface area contributed by atoms with Gasteiger partial charge in [0.1, 0.15) is 17.2 Å². The Morgan fingerprint density at radius 3 is 2.37 bits per heavy atom. The summed E-state index contributed by atoms with van der Waals surface area (Å²) in [5.41, 5.74) is 1.15. The van der Waals surface area contributed by atoms with E-state index in [1.807, 2.05) is 55.5 Å². The van der Waals surface area contributed by atoms with Crippen LogP contribution in [-0.4, -0.2) is 47.8 Å². The van der Waals surface area contributed by atoms with Gasteiger partial charge >= 0.3 is 0 Å². The monoisotopic (exact) mass is 409 g/mol. The number of likely N-dealkylation sites (tertiary alicyclic amines) is 1. The van der Waals surface area contributed by atoms with Crippen LogP contribution >= 0.6 is 0 Å². The van der Waals surface area contributed by atoms with Crippen molar-refractivity contribution in [3.05, 3.63) is 65.8 Å². The van der Waals surface area contributed by atoms with Gasteiger partial charge in [0.05, 0.1) is 13.0 Å². The molecule has 0 unspecified atom stereocenters. The maximum Gasteiger partial charge on any atom is 0.264 e. The summed E-state index contributed by atoms with van der Waals surface area (Å²) in [6.45, 7) is 3.30. The molecule has 0 N–H and O–H groups in total. The highest BCUT2D eigenvalue weighted by atomic mass is 16.5. The Hall–Kier alpha value is -3.55. The van der Waals surface area contributed by atoms with Crippen LogP contribution in [0.1, 0.15) is 23.2 Å². The predicted octanol–water partition coefficient (Wildman–Crippen LogP) is 2.97. The molecule has 2 aromatic carbocycles. The molecule has 1 aliphatic rings. The minimum absolute atomic E-state index is 0.0168. The van der Waals surface area contributed by atoms with Gasteiger partial charge in [0, 0.05) is 13.1 Å². The van der Waals surface area contributed by atoms with E-state index in [0.29, 0.717) is 36.3 Å². The fourth-order valence-corrected chi connectivity index (χ4v) is 3.03. The zero-order chi connectivity index (χ0) is 20.9. The number of rotatable bonds is 8. The van der Waals surface area contributed by atoms with Crippen molar-refractivity contribution in [3.63, 3.8) is 0 Å². The smallest absolute Gasteiger partial charge is 0.264 e. The van der Waals surface area contributed by atoms with Gasteiger partial charge in [-0.25, -0.2) is 0 Å². The van der Waals surface area contributed by atoms with Crippen molar-refractivity contribution in [2.45, 2.75) is 19.4 Å². The first-order valence-electron chi connectivity index (χ1n) is 9.67. The van der Waals surface area contributed by atoms with Gasteiger partial charge in [0.15, 0.2) is 19.0 Å². The molecule has 1 saturated heterocycles. The molecule has 1 amide bonds. The quantitative estimate of drug-likeness (QED) is 0.565. The minimum atomic E-state index is -0.0571. The van der Waals surface area contributed by atoms with Crippen LogP contribution < -0.4 is 14.2 Å². The summed E-state index contributed by atoms with van der Waals surface area (Å²) in [5, 5.41) is 4.02. The minimum Gasteiger partial charge on any atom is -0.497 e. The lowest BCUT2D eigenvalue weighted by Gasteiger charge is -2.37. The normalized spacial score (nSPS) is 13.6. The van der Waals surface area contributed by atoms with Gasteiger partial charge < -0.3 is 23.6 Å². The highest BCUT2D eigenvalue weighted by Crippen LogP contribution is 2.25. The van der Waals surface area contributed by atoms with E-state index in [4.69, 9.17) is 18.7 Å². The molecule has 0 bridgehead atoms. The molecule has 4 rings (SSSR count). The van der Waals surface area contributed by atoms with Crippen LogP contribution in [0.3, 0.4) is 0 Å². The van der Waals surface area contributed by atoms with Crippen LogP contribution in [0.4, 0.5) is 0 Å². The van der Waals surface area contributed by atoms with Crippen molar-refractivity contribution in [1.82, 2.24) is 15.0 Å². The van der Waals surface area contributed by atoms with E-state index < -0.39 is 0 Å². The Kier molecular flexibility index (Phi) is 5.83. The molecule has 2 heterocycles. The van der Waals surface area contributed by atoms with Crippen molar-refractivity contribution in [2.75, 3.05) is 26.8 Å². The standard InChI is InChI=1S/C22H23N3O5/c1-15-3-5-18(6-4-15)29-14-21(26)25-11-16(12-25)22-23-20(30-24-22)13-28-19-9-7-17(27-2)8-10-19/h3-10,16H,11-14H2,1-2H3. The molecule has 30 heavy (non-hydrogen) atoms. The topological polar surface area (TPSA) is 86.9 Å². The highest BCUT2D eigenvalue weighted by Gasteiger charge is 2.35. The summed E-state index contributed by atoms with van der Waals surface area (Å²) in [6.07, 6.45) is 0. The average molecular weight is 409 g/mol. The number of carbonyl (C=O) groups is 1. The van der Waals surface area contributed by atoms with Crippen LogP contribution in [0.15, 0.2) is 53.1 Å². The maximum atomic E-state index is 12.3. The van der Waals surface area contributed by atoms with Gasteiger partial charge in [-0.1, -0.05) is 22.9 Å². The molecule has 0 saturated carbocycles. The van der Waals surface area contributed by atoms with Gasteiger partial charge in [-0.05, 0) is 43.3 Å². The molecular formula is C22H23N3O5. The Labute approximate surface area is 174 Å². The summed E-state index contributed by atoms with van der Waals surface area (Å²) in [7, 11) is 1.61. The lowest BCUT2D eigenvalue weighted by atomic mass is 9.99. The number of carbonyl (C=O) groups excluding carboxylic acids is 1. The molecule has 8 nitrogen and oxygen atoms in total. The molecule has 0 aliphatic carbocycles. The van der Waals surface area contributed by atoms with Crippen LogP contribution in [0.5, 0.6) is 17.2 Å². The van der Waals surface area contributed by atoms with E-state index in [1.54, 1.807) is 12.0 Å². The van der Waals surface area contributed by atoms with E-state index >= 15 is 0 Å². The fourth-order valence-electron chi connectivity index (χ4n) is 3.03. The molecule has 3 aromatic rings. The summed E-state index contributed by atoms with van der Waals surface area (Å²) >= 11 is 0. The average Bonchev–Trinajstić information content (AvgIpc) is 3.19. The second-order valence-corrected chi connectivity index (χ2v) is 7.11. The first-order chi connectivity index (χ1) is 14.6. The summed E-state index contributed by atoms with van der Waals surface area (Å²) in [6, 6.07) is 14.9. The van der Waals surface area contributed by atoms with Crippen molar-refractivity contribution in [2.24, 2.45) is 0 Å². The van der Waals surface area contributed by atoms with Crippen LogP contribution in [0.2, 0.25) is 0 Å². The predicted molar refractivity (Wildman–Crippen MR) is 108 cm³/mol. The zero-order valence-electron chi connectivity index (χ0n) is 16.9. The van der Waals surface area contributed by atoms with Crippen molar-refractivity contribution in [3.8, 4) is 17.2 Å². The highest BCUT2D eigenvalue weighted by molar-refractivity contribution is 5.78. The lowest BCUT2D eigenvalue weighted by molar-refractivity contribution is -0.138. The van der Waals surface area contributed by atoms with E-state index in [-0.39, 0.29) is 25.0 Å². The summed E-state index contributed by atoms with van der Waals surface area (Å²) < 4.78 is 21.6. The molecule has 0 spiro atoms. The third kappa shape index (κ3) is 4.71. The van der Waals surface area contributed by atoms with Crippen LogP contribution in [0, 0.1) is 6.92 Å². The Balaban J connectivity index is 1.21. The molecule has 1 aromatic heterocycles. The number of ether oxygens (including phenoxy) is 3. The number of aromatic nitrogens is 2. The van der Waals surface area contributed by atoms with Crippen molar-refractivity contribution in [1.29, 1.82) is 0 Å². The Bertz CT molecular complexity index is 979. The van der Waals surface area contributed by atoms with Gasteiger partial charge in [-0.3, -0.25) is 4.79 Å². The Morgan fingerprint density at radius 1 is 1.03 bits per heavy atom. The number of methoxy groups -OCH3 is 1. The van der Waals surface area contributed by atoms with Gasteiger partial charge in [0.25, 0.3) is 11.8 Å². The van der Waals surface area contributed by atoms with E-state index in [9.17, 15) is 4.79 Å². The lowest BCUT2D eigenvalue weighted by Crippen LogP contribution is -2.50. The first-order valence-corrected chi connectivity index (χ1v) is 9.67. The van der Waals surface area contributed by atoms with Crippen molar-refractivity contribution < 1.29 is 23.5 Å².